The molecule has 0 spiro atoms. The van der Waals surface area contributed by atoms with Gasteiger partial charge in [-0.05, 0) is 44.2 Å². The minimum Gasteiger partial charge on any atom is -0.496 e. The maximum absolute atomic E-state index is 12.3. The van der Waals surface area contributed by atoms with E-state index >= 15 is 0 Å². The van der Waals surface area contributed by atoms with Crippen LogP contribution in [0.15, 0.2) is 47.4 Å². The first-order valence-electron chi connectivity index (χ1n) is 8.15. The molecule has 140 valence electrons. The summed E-state index contributed by atoms with van der Waals surface area (Å²) in [5, 5.41) is 3.29. The molecule has 0 aliphatic rings. The van der Waals surface area contributed by atoms with Crippen molar-refractivity contribution in [1.29, 1.82) is 0 Å². The van der Waals surface area contributed by atoms with Gasteiger partial charge in [-0.1, -0.05) is 29.3 Å². The smallest absolute Gasteiger partial charge is 0.221 e. The summed E-state index contributed by atoms with van der Waals surface area (Å²) in [6, 6.07) is 11.3. The number of halogens is 1. The van der Waals surface area contributed by atoms with E-state index in [2.05, 4.69) is 5.32 Å². The number of carbonyl (C=O) groups excluding carboxylic acids is 1. The summed E-state index contributed by atoms with van der Waals surface area (Å²) < 4.78 is 29.9. The van der Waals surface area contributed by atoms with Crippen LogP contribution in [-0.4, -0.2) is 27.2 Å². The highest BCUT2D eigenvalue weighted by Gasteiger charge is 2.19. The minimum atomic E-state index is -3.54. The molecule has 0 aliphatic heterocycles. The normalized spacial score (nSPS) is 12.5. The summed E-state index contributed by atoms with van der Waals surface area (Å²) in [4.78, 5) is 12.4. The third-order valence-corrected chi connectivity index (χ3v) is 5.98. The summed E-state index contributed by atoms with van der Waals surface area (Å²) >= 11 is 5.77. The summed E-state index contributed by atoms with van der Waals surface area (Å²) in [6.45, 7) is 3.79. The van der Waals surface area contributed by atoms with Gasteiger partial charge in [0.1, 0.15) is 5.75 Å². The molecular weight excluding hydrogens is 374 g/mol. The van der Waals surface area contributed by atoms with Gasteiger partial charge in [0.15, 0.2) is 9.84 Å². The van der Waals surface area contributed by atoms with Crippen LogP contribution in [0.2, 0.25) is 5.02 Å². The summed E-state index contributed by atoms with van der Waals surface area (Å²) in [6.07, 6.45) is -0.122. The number of amides is 1. The Kier molecular flexibility index (Phi) is 6.67. The molecule has 7 heteroatoms. The van der Waals surface area contributed by atoms with Crippen LogP contribution < -0.4 is 10.1 Å². The first-order valence-corrected chi connectivity index (χ1v) is 10.2. The molecule has 2 aromatic rings. The van der Waals surface area contributed by atoms with E-state index in [1.165, 1.54) is 24.3 Å². The van der Waals surface area contributed by atoms with Crippen molar-refractivity contribution < 1.29 is 17.9 Å². The fourth-order valence-electron chi connectivity index (χ4n) is 2.57. The zero-order valence-corrected chi connectivity index (χ0v) is 16.5. The second-order valence-electron chi connectivity index (χ2n) is 6.06. The first kappa shape index (κ1) is 20.3. The summed E-state index contributed by atoms with van der Waals surface area (Å²) in [5.74, 6) is 0.0776. The van der Waals surface area contributed by atoms with Crippen LogP contribution in [0, 0.1) is 6.92 Å². The third-order valence-electron chi connectivity index (χ3n) is 4.00. The van der Waals surface area contributed by atoms with E-state index in [1.54, 1.807) is 7.11 Å². The average molecular weight is 396 g/mol. The van der Waals surface area contributed by atoms with Crippen LogP contribution >= 0.6 is 11.6 Å². The Bertz CT molecular complexity index is 879. The van der Waals surface area contributed by atoms with Crippen molar-refractivity contribution in [1.82, 2.24) is 5.32 Å². The van der Waals surface area contributed by atoms with Crippen LogP contribution in [0.4, 0.5) is 0 Å². The minimum absolute atomic E-state index is 0.122. The van der Waals surface area contributed by atoms with Gasteiger partial charge in [0.2, 0.25) is 5.91 Å². The van der Waals surface area contributed by atoms with Crippen molar-refractivity contribution in [2.45, 2.75) is 31.2 Å². The van der Waals surface area contributed by atoms with Gasteiger partial charge in [0.05, 0.1) is 23.8 Å². The molecule has 0 saturated heterocycles. The molecule has 1 N–H and O–H groups in total. The highest BCUT2D eigenvalue weighted by atomic mass is 35.5. The van der Waals surface area contributed by atoms with Gasteiger partial charge in [-0.25, -0.2) is 8.42 Å². The van der Waals surface area contributed by atoms with Gasteiger partial charge < -0.3 is 10.1 Å². The maximum Gasteiger partial charge on any atom is 0.221 e. The monoisotopic (exact) mass is 395 g/mol. The van der Waals surface area contributed by atoms with Crippen molar-refractivity contribution in [2.75, 3.05) is 12.9 Å². The van der Waals surface area contributed by atoms with Crippen molar-refractivity contribution in [3.63, 3.8) is 0 Å². The molecule has 1 atom stereocenters. The van der Waals surface area contributed by atoms with Gasteiger partial charge in [-0.15, -0.1) is 0 Å². The van der Waals surface area contributed by atoms with E-state index in [0.717, 1.165) is 11.1 Å². The predicted octanol–water partition coefficient (Wildman–Crippen LogP) is 3.70. The number of nitrogens with one attached hydrogen (secondary N) is 1. The predicted molar refractivity (Wildman–Crippen MR) is 102 cm³/mol. The standard InChI is InChI=1S/C19H22ClNO4S/c1-13-4-9-18(25-3)17(12-13)14(2)21-19(22)10-11-26(23,24)16-7-5-15(20)6-8-16/h4-9,12,14H,10-11H2,1-3H3,(H,21,22). The fourth-order valence-corrected chi connectivity index (χ4v) is 3.94. The zero-order valence-electron chi connectivity index (χ0n) is 15.0. The van der Waals surface area contributed by atoms with Gasteiger partial charge in [-0.3, -0.25) is 4.79 Å². The van der Waals surface area contributed by atoms with Crippen LogP contribution in [0.1, 0.15) is 30.5 Å². The lowest BCUT2D eigenvalue weighted by atomic mass is 10.0. The highest BCUT2D eigenvalue weighted by Crippen LogP contribution is 2.26. The Labute approximate surface area is 159 Å². The number of ether oxygens (including phenoxy) is 1. The summed E-state index contributed by atoms with van der Waals surface area (Å²) in [7, 11) is -1.97. The Morgan fingerprint density at radius 3 is 2.46 bits per heavy atom. The van der Waals surface area contributed by atoms with E-state index < -0.39 is 9.84 Å². The molecule has 0 fully saturated rings. The van der Waals surface area contributed by atoms with E-state index in [9.17, 15) is 13.2 Å². The first-order chi connectivity index (χ1) is 12.2. The molecule has 5 nitrogen and oxygen atoms in total. The molecular formula is C19H22ClNO4S. The third kappa shape index (κ3) is 5.22. The highest BCUT2D eigenvalue weighted by molar-refractivity contribution is 7.91. The topological polar surface area (TPSA) is 72.5 Å². The number of hydrogen-bond donors (Lipinski definition) is 1. The van der Waals surface area contributed by atoms with Gasteiger partial charge >= 0.3 is 0 Å². The molecule has 0 saturated carbocycles. The van der Waals surface area contributed by atoms with Crippen molar-refractivity contribution in [3.05, 3.63) is 58.6 Å². The van der Waals surface area contributed by atoms with E-state index in [-0.39, 0.29) is 29.0 Å². The molecule has 2 rings (SSSR count). The summed E-state index contributed by atoms with van der Waals surface area (Å²) in [5.41, 5.74) is 1.90. The number of benzene rings is 2. The van der Waals surface area contributed by atoms with Crippen LogP contribution in [0.5, 0.6) is 5.75 Å². The lowest BCUT2D eigenvalue weighted by molar-refractivity contribution is -0.121. The van der Waals surface area contributed by atoms with Crippen molar-refractivity contribution in [2.24, 2.45) is 0 Å². The number of methoxy groups -OCH3 is 1. The second-order valence-corrected chi connectivity index (χ2v) is 8.60. The number of carbonyl (C=O) groups is 1. The average Bonchev–Trinajstić information content (AvgIpc) is 2.60. The van der Waals surface area contributed by atoms with Crippen molar-refractivity contribution in [3.8, 4) is 5.75 Å². The van der Waals surface area contributed by atoms with Crippen molar-refractivity contribution >= 4 is 27.3 Å². The Balaban J connectivity index is 2.00. The number of aryl methyl sites for hydroxylation is 1. The van der Waals surface area contributed by atoms with Crippen LogP contribution in [0.3, 0.4) is 0 Å². The quantitative estimate of drug-likeness (QED) is 0.775. The molecule has 2 aromatic carbocycles. The largest absolute Gasteiger partial charge is 0.496 e. The Morgan fingerprint density at radius 2 is 1.85 bits per heavy atom. The molecule has 26 heavy (non-hydrogen) atoms. The lowest BCUT2D eigenvalue weighted by Gasteiger charge is -2.18. The second kappa shape index (κ2) is 8.56. The molecule has 0 radical (unpaired) electrons. The zero-order chi connectivity index (χ0) is 19.3. The molecule has 0 aliphatic carbocycles. The molecule has 1 unspecified atom stereocenters. The molecule has 1 amide bonds. The number of rotatable bonds is 7. The number of hydrogen-bond acceptors (Lipinski definition) is 4. The Hall–Kier alpha value is -2.05. The van der Waals surface area contributed by atoms with Crippen LogP contribution in [0.25, 0.3) is 0 Å². The SMILES string of the molecule is COc1ccc(C)cc1C(C)NC(=O)CCS(=O)(=O)c1ccc(Cl)cc1. The fraction of sp³-hybridized carbons (Fsp3) is 0.316. The lowest BCUT2D eigenvalue weighted by Crippen LogP contribution is -2.28. The van der Waals surface area contributed by atoms with E-state index in [1.807, 2.05) is 32.0 Å². The van der Waals surface area contributed by atoms with E-state index in [4.69, 9.17) is 16.3 Å². The maximum atomic E-state index is 12.3. The van der Waals surface area contributed by atoms with Gasteiger partial charge in [-0.2, -0.15) is 0 Å². The molecule has 0 aromatic heterocycles. The van der Waals surface area contributed by atoms with E-state index in [0.29, 0.717) is 10.8 Å². The number of sulfone groups is 1. The molecule has 0 heterocycles. The van der Waals surface area contributed by atoms with Crippen LogP contribution in [-0.2, 0) is 14.6 Å². The van der Waals surface area contributed by atoms with Gasteiger partial charge in [0, 0.05) is 17.0 Å². The Morgan fingerprint density at radius 1 is 1.19 bits per heavy atom. The molecule has 0 bridgehead atoms. The van der Waals surface area contributed by atoms with Gasteiger partial charge in [0.25, 0.3) is 0 Å².